The average Bonchev–Trinajstić information content (AvgIpc) is 2.71. The first-order chi connectivity index (χ1) is 13.5. The molecule has 1 amide bonds. The summed E-state index contributed by atoms with van der Waals surface area (Å²) < 4.78 is 10.4. The molecular formula is C19H23N3O6. The minimum atomic E-state index is -0.553. The van der Waals surface area contributed by atoms with Crippen LogP contribution in [0.15, 0.2) is 36.4 Å². The molecule has 2 aromatic carbocycles. The van der Waals surface area contributed by atoms with Crippen LogP contribution in [0, 0.1) is 10.1 Å². The number of nitro groups is 1. The van der Waals surface area contributed by atoms with Gasteiger partial charge in [-0.05, 0) is 30.2 Å². The fourth-order valence-electron chi connectivity index (χ4n) is 2.56. The second kappa shape index (κ2) is 10.1. The number of amides is 1. The third-order valence-electron chi connectivity index (χ3n) is 4.01. The minimum absolute atomic E-state index is 0.000807. The van der Waals surface area contributed by atoms with Crippen LogP contribution in [0.5, 0.6) is 11.5 Å². The van der Waals surface area contributed by atoms with Crippen molar-refractivity contribution in [2.24, 2.45) is 0 Å². The predicted octanol–water partition coefficient (Wildman–Crippen LogP) is 2.34. The van der Waals surface area contributed by atoms with Gasteiger partial charge in [0.15, 0.2) is 11.5 Å². The molecule has 0 aromatic heterocycles. The fraction of sp³-hybridized carbons (Fsp3) is 0.316. The zero-order chi connectivity index (χ0) is 20.5. The molecule has 9 nitrogen and oxygen atoms in total. The maximum atomic E-state index is 12.6. The highest BCUT2D eigenvalue weighted by molar-refractivity contribution is 6.00. The summed E-state index contributed by atoms with van der Waals surface area (Å²) in [5.41, 5.74) is 1.23. The Morgan fingerprint density at radius 3 is 2.54 bits per heavy atom. The van der Waals surface area contributed by atoms with Gasteiger partial charge in [-0.15, -0.1) is 0 Å². The molecule has 0 spiro atoms. The molecule has 0 aliphatic carbocycles. The van der Waals surface area contributed by atoms with Crippen LogP contribution in [0.2, 0.25) is 0 Å². The third kappa shape index (κ3) is 5.34. The molecule has 0 aliphatic rings. The van der Waals surface area contributed by atoms with Gasteiger partial charge in [0.2, 0.25) is 0 Å². The first kappa shape index (κ1) is 21.0. The molecule has 150 valence electrons. The van der Waals surface area contributed by atoms with E-state index in [9.17, 15) is 14.9 Å². The maximum absolute atomic E-state index is 12.6. The third-order valence-corrected chi connectivity index (χ3v) is 4.01. The highest BCUT2D eigenvalue weighted by Gasteiger charge is 2.17. The van der Waals surface area contributed by atoms with Crippen LogP contribution in [0.25, 0.3) is 0 Å². The molecule has 0 unspecified atom stereocenters. The fourth-order valence-corrected chi connectivity index (χ4v) is 2.56. The standard InChI is InChI=1S/C19H23N3O6/c1-27-17-7-4-13(10-18(17)28-2)12-21-19(24)15-11-14(22(25)26)5-6-16(15)20-8-3-9-23/h4-7,10-11,20,23H,3,8-9,12H2,1-2H3,(H,21,24). The van der Waals surface area contributed by atoms with Gasteiger partial charge in [0, 0.05) is 37.5 Å². The van der Waals surface area contributed by atoms with E-state index in [0.717, 1.165) is 5.56 Å². The quantitative estimate of drug-likeness (QED) is 0.324. The van der Waals surface area contributed by atoms with Crippen LogP contribution in [0.3, 0.4) is 0 Å². The van der Waals surface area contributed by atoms with Gasteiger partial charge in [-0.25, -0.2) is 0 Å². The molecule has 0 saturated carbocycles. The number of hydrogen-bond acceptors (Lipinski definition) is 7. The molecule has 0 heterocycles. The van der Waals surface area contributed by atoms with Crippen LogP contribution >= 0.6 is 0 Å². The van der Waals surface area contributed by atoms with E-state index >= 15 is 0 Å². The number of rotatable bonds is 10. The molecule has 3 N–H and O–H groups in total. The second-order valence-corrected chi connectivity index (χ2v) is 5.86. The van der Waals surface area contributed by atoms with Crippen molar-refractivity contribution in [1.29, 1.82) is 0 Å². The van der Waals surface area contributed by atoms with Crippen LogP contribution in [-0.2, 0) is 6.54 Å². The lowest BCUT2D eigenvalue weighted by molar-refractivity contribution is -0.384. The summed E-state index contributed by atoms with van der Waals surface area (Å²) >= 11 is 0. The van der Waals surface area contributed by atoms with Gasteiger partial charge in [0.1, 0.15) is 0 Å². The Hall–Kier alpha value is -3.33. The van der Waals surface area contributed by atoms with Gasteiger partial charge in [-0.3, -0.25) is 14.9 Å². The number of carbonyl (C=O) groups excluding carboxylic acids is 1. The zero-order valence-corrected chi connectivity index (χ0v) is 15.7. The highest BCUT2D eigenvalue weighted by atomic mass is 16.6. The van der Waals surface area contributed by atoms with Gasteiger partial charge >= 0.3 is 0 Å². The predicted molar refractivity (Wildman–Crippen MR) is 104 cm³/mol. The second-order valence-electron chi connectivity index (χ2n) is 5.86. The number of hydrogen-bond donors (Lipinski definition) is 3. The molecule has 28 heavy (non-hydrogen) atoms. The van der Waals surface area contributed by atoms with E-state index in [0.29, 0.717) is 30.2 Å². The van der Waals surface area contributed by atoms with E-state index in [1.54, 1.807) is 18.2 Å². The van der Waals surface area contributed by atoms with Crippen LogP contribution < -0.4 is 20.1 Å². The van der Waals surface area contributed by atoms with Gasteiger partial charge < -0.3 is 25.2 Å². The SMILES string of the molecule is COc1ccc(CNC(=O)c2cc([N+](=O)[O-])ccc2NCCCO)cc1OC. The monoisotopic (exact) mass is 389 g/mol. The Balaban J connectivity index is 2.17. The van der Waals surface area contributed by atoms with Crippen LogP contribution in [0.1, 0.15) is 22.3 Å². The lowest BCUT2D eigenvalue weighted by Gasteiger charge is -2.13. The largest absolute Gasteiger partial charge is 0.493 e. The molecule has 2 aromatic rings. The summed E-state index contributed by atoms with van der Waals surface area (Å²) in [6, 6.07) is 9.30. The minimum Gasteiger partial charge on any atom is -0.493 e. The summed E-state index contributed by atoms with van der Waals surface area (Å²) in [7, 11) is 3.06. The number of nitrogens with zero attached hydrogens (tertiary/aromatic N) is 1. The Kier molecular flexibility index (Phi) is 7.58. The van der Waals surface area contributed by atoms with Crippen molar-refractivity contribution in [3.8, 4) is 11.5 Å². The van der Waals surface area contributed by atoms with Gasteiger partial charge in [-0.1, -0.05) is 6.07 Å². The number of benzene rings is 2. The van der Waals surface area contributed by atoms with Crippen molar-refractivity contribution < 1.29 is 24.3 Å². The number of non-ortho nitro benzene ring substituents is 1. The topological polar surface area (TPSA) is 123 Å². The van der Waals surface area contributed by atoms with E-state index in [-0.39, 0.29) is 24.4 Å². The first-order valence-corrected chi connectivity index (χ1v) is 8.62. The average molecular weight is 389 g/mol. The number of methoxy groups -OCH3 is 2. The van der Waals surface area contributed by atoms with Crippen LogP contribution in [-0.4, -0.2) is 43.3 Å². The van der Waals surface area contributed by atoms with E-state index < -0.39 is 10.8 Å². The molecular weight excluding hydrogens is 366 g/mol. The summed E-state index contributed by atoms with van der Waals surface area (Å²) in [5.74, 6) is 0.660. The molecule has 2 rings (SSSR count). The van der Waals surface area contributed by atoms with Crippen molar-refractivity contribution in [3.05, 3.63) is 57.6 Å². The number of aliphatic hydroxyl groups is 1. The first-order valence-electron chi connectivity index (χ1n) is 8.62. The summed E-state index contributed by atoms with van der Waals surface area (Å²) in [6.45, 7) is 0.642. The van der Waals surface area contributed by atoms with Crippen LogP contribution in [0.4, 0.5) is 11.4 Å². The molecule has 9 heteroatoms. The van der Waals surface area contributed by atoms with Crippen molar-refractivity contribution in [2.45, 2.75) is 13.0 Å². The lowest BCUT2D eigenvalue weighted by atomic mass is 10.1. The highest BCUT2D eigenvalue weighted by Crippen LogP contribution is 2.27. The van der Waals surface area contributed by atoms with Crippen molar-refractivity contribution in [3.63, 3.8) is 0 Å². The van der Waals surface area contributed by atoms with E-state index in [1.165, 1.54) is 32.4 Å². The smallest absolute Gasteiger partial charge is 0.270 e. The van der Waals surface area contributed by atoms with Gasteiger partial charge in [-0.2, -0.15) is 0 Å². The van der Waals surface area contributed by atoms with Gasteiger partial charge in [0.05, 0.1) is 24.7 Å². The summed E-state index contributed by atoms with van der Waals surface area (Å²) in [4.78, 5) is 23.1. The maximum Gasteiger partial charge on any atom is 0.270 e. The van der Waals surface area contributed by atoms with Crippen molar-refractivity contribution >= 4 is 17.3 Å². The number of anilines is 1. The Labute approximate surface area is 162 Å². The normalized spacial score (nSPS) is 10.2. The summed E-state index contributed by atoms with van der Waals surface area (Å²) in [5, 5.41) is 25.7. The number of carbonyl (C=O) groups is 1. The number of aliphatic hydroxyl groups excluding tert-OH is 1. The van der Waals surface area contributed by atoms with Crippen molar-refractivity contribution in [1.82, 2.24) is 5.32 Å². The molecule has 0 fully saturated rings. The molecule has 0 radical (unpaired) electrons. The molecule has 0 atom stereocenters. The number of nitro benzene ring substituents is 1. The zero-order valence-electron chi connectivity index (χ0n) is 15.7. The number of ether oxygens (including phenoxy) is 2. The Bertz CT molecular complexity index is 840. The Morgan fingerprint density at radius 1 is 1.14 bits per heavy atom. The molecule has 0 bridgehead atoms. The van der Waals surface area contributed by atoms with Gasteiger partial charge in [0.25, 0.3) is 11.6 Å². The van der Waals surface area contributed by atoms with E-state index in [2.05, 4.69) is 10.6 Å². The Morgan fingerprint density at radius 2 is 1.89 bits per heavy atom. The van der Waals surface area contributed by atoms with E-state index in [1.807, 2.05) is 0 Å². The van der Waals surface area contributed by atoms with E-state index in [4.69, 9.17) is 14.6 Å². The van der Waals surface area contributed by atoms with Crippen molar-refractivity contribution in [2.75, 3.05) is 32.7 Å². The molecule has 0 aliphatic heterocycles. The lowest BCUT2D eigenvalue weighted by Crippen LogP contribution is -2.24. The number of nitrogens with one attached hydrogen (secondary N) is 2. The molecule has 0 saturated heterocycles. The summed E-state index contributed by atoms with van der Waals surface area (Å²) in [6.07, 6.45) is 0.490.